The number of hydrogen-bond donors (Lipinski definition) is 1. The van der Waals surface area contributed by atoms with Crippen molar-refractivity contribution in [2.45, 2.75) is 56.1 Å². The highest BCUT2D eigenvalue weighted by Crippen LogP contribution is 2.25. The number of hydrogen-bond acceptors (Lipinski definition) is 5. The molecule has 0 radical (unpaired) electrons. The molecule has 1 N–H and O–H groups in total. The second kappa shape index (κ2) is 8.68. The van der Waals surface area contributed by atoms with E-state index in [4.69, 9.17) is 4.74 Å². The zero-order valence-corrected chi connectivity index (χ0v) is 16.1. The maximum atomic E-state index is 12.9. The van der Waals surface area contributed by atoms with E-state index in [1.54, 1.807) is 10.6 Å². The topological polar surface area (TPSA) is 73.2 Å². The van der Waals surface area contributed by atoms with Crippen molar-refractivity contribution in [1.82, 2.24) is 14.9 Å². The van der Waals surface area contributed by atoms with Crippen LogP contribution in [0.5, 0.6) is 0 Å². The molecule has 0 spiro atoms. The van der Waals surface area contributed by atoms with Crippen LogP contribution in [-0.4, -0.2) is 40.0 Å². The summed E-state index contributed by atoms with van der Waals surface area (Å²) in [5, 5.41) is 3.89. The Morgan fingerprint density at radius 2 is 2.19 bits per heavy atom. The maximum absolute atomic E-state index is 12.9. The van der Waals surface area contributed by atoms with Gasteiger partial charge < -0.3 is 10.1 Å². The van der Waals surface area contributed by atoms with Gasteiger partial charge in [-0.25, -0.2) is 4.98 Å². The van der Waals surface area contributed by atoms with Crippen LogP contribution in [0.1, 0.15) is 33.1 Å². The number of nitrogens with zero attached hydrogens (tertiary/aromatic N) is 2. The summed E-state index contributed by atoms with van der Waals surface area (Å²) in [7, 11) is 0. The number of ether oxygens (including phenoxy) is 1. The highest BCUT2D eigenvalue weighted by molar-refractivity contribution is 8.00. The summed E-state index contributed by atoms with van der Waals surface area (Å²) in [6.07, 6.45) is 2.84. The summed E-state index contributed by atoms with van der Waals surface area (Å²) >= 11 is 1.34. The van der Waals surface area contributed by atoms with Gasteiger partial charge in [-0.05, 0) is 45.2 Å². The lowest BCUT2D eigenvalue weighted by Gasteiger charge is -2.16. The fraction of sp³-hybridized carbons (Fsp3) is 0.526. The number of benzene rings is 1. The molecule has 1 fully saturated rings. The summed E-state index contributed by atoms with van der Waals surface area (Å²) < 4.78 is 7.06. The van der Waals surface area contributed by atoms with Crippen molar-refractivity contribution in [3.05, 3.63) is 34.6 Å². The minimum Gasteiger partial charge on any atom is -0.382 e. The highest BCUT2D eigenvalue weighted by atomic mass is 32.2. The Bertz CT molecular complexity index is 832. The molecule has 1 aromatic heterocycles. The molecule has 3 rings (SSSR count). The summed E-state index contributed by atoms with van der Waals surface area (Å²) in [6, 6.07) is 7.66. The van der Waals surface area contributed by atoms with Gasteiger partial charge >= 0.3 is 0 Å². The van der Waals surface area contributed by atoms with Crippen LogP contribution in [0.3, 0.4) is 0 Å². The van der Waals surface area contributed by atoms with Crippen LogP contribution in [0.2, 0.25) is 0 Å². The molecule has 1 aliphatic carbocycles. The molecule has 6 nitrogen and oxygen atoms in total. The molecular weight excluding hydrogens is 350 g/mol. The van der Waals surface area contributed by atoms with Crippen LogP contribution in [0.25, 0.3) is 10.9 Å². The number of carbonyl (C=O) groups is 1. The lowest BCUT2D eigenvalue weighted by Crippen LogP contribution is -2.33. The average Bonchev–Trinajstić information content (AvgIpc) is 3.44. The number of aromatic nitrogens is 2. The fourth-order valence-electron chi connectivity index (χ4n) is 2.66. The van der Waals surface area contributed by atoms with Crippen LogP contribution in [0.15, 0.2) is 34.2 Å². The van der Waals surface area contributed by atoms with Crippen molar-refractivity contribution >= 4 is 28.6 Å². The molecular formula is C19H25N3O3S. The minimum atomic E-state index is -0.304. The van der Waals surface area contributed by atoms with Gasteiger partial charge in [0, 0.05) is 25.8 Å². The number of carbonyl (C=O) groups excluding carboxylic acids is 1. The third kappa shape index (κ3) is 4.65. The van der Waals surface area contributed by atoms with Crippen LogP contribution in [0.4, 0.5) is 0 Å². The highest BCUT2D eigenvalue weighted by Gasteiger charge is 2.27. The van der Waals surface area contributed by atoms with Gasteiger partial charge in [-0.15, -0.1) is 0 Å². The van der Waals surface area contributed by atoms with Gasteiger partial charge in [0.2, 0.25) is 5.91 Å². The number of para-hydroxylation sites is 1. The zero-order valence-electron chi connectivity index (χ0n) is 15.2. The van der Waals surface area contributed by atoms with Crippen molar-refractivity contribution in [3.63, 3.8) is 0 Å². The van der Waals surface area contributed by atoms with Crippen LogP contribution in [-0.2, 0) is 16.1 Å². The standard InChI is InChI=1S/C19H25N3O3S/c1-3-25-12-6-11-22-18(24)15-7-4-5-8-16(15)21-19(22)26-13(2)17(23)20-14-9-10-14/h4-5,7-8,13-14H,3,6,9-12H2,1-2H3,(H,20,23)/t13-/m0/s1. The fourth-order valence-corrected chi connectivity index (χ4v) is 3.61. The normalized spacial score (nSPS) is 15.2. The molecule has 2 aromatic rings. The Balaban J connectivity index is 1.85. The predicted molar refractivity (Wildman–Crippen MR) is 104 cm³/mol. The lowest BCUT2D eigenvalue weighted by molar-refractivity contribution is -0.120. The van der Waals surface area contributed by atoms with E-state index in [2.05, 4.69) is 10.3 Å². The van der Waals surface area contributed by atoms with E-state index in [0.717, 1.165) is 19.3 Å². The van der Waals surface area contributed by atoms with Crippen LogP contribution >= 0.6 is 11.8 Å². The summed E-state index contributed by atoms with van der Waals surface area (Å²) in [5.41, 5.74) is 0.597. The Labute approximate surface area is 157 Å². The third-order valence-electron chi connectivity index (χ3n) is 4.28. The predicted octanol–water partition coefficient (Wildman–Crippen LogP) is 2.58. The van der Waals surface area contributed by atoms with Gasteiger partial charge in [-0.3, -0.25) is 14.2 Å². The first-order valence-electron chi connectivity index (χ1n) is 9.14. The van der Waals surface area contributed by atoms with Crippen LogP contribution in [0, 0.1) is 0 Å². The molecule has 7 heteroatoms. The third-order valence-corrected chi connectivity index (χ3v) is 5.37. The van der Waals surface area contributed by atoms with E-state index in [-0.39, 0.29) is 16.7 Å². The van der Waals surface area contributed by atoms with Crippen molar-refractivity contribution in [2.75, 3.05) is 13.2 Å². The van der Waals surface area contributed by atoms with Gasteiger partial charge in [-0.2, -0.15) is 0 Å². The molecule has 1 heterocycles. The molecule has 1 aromatic carbocycles. The largest absolute Gasteiger partial charge is 0.382 e. The van der Waals surface area contributed by atoms with E-state index < -0.39 is 0 Å². The number of fused-ring (bicyclic) bond motifs is 1. The summed E-state index contributed by atoms with van der Waals surface area (Å²) in [5.74, 6) is 0.000717. The van der Waals surface area contributed by atoms with E-state index in [9.17, 15) is 9.59 Å². The monoisotopic (exact) mass is 375 g/mol. The molecule has 1 amide bonds. The van der Waals surface area contributed by atoms with Crippen molar-refractivity contribution < 1.29 is 9.53 Å². The van der Waals surface area contributed by atoms with Crippen LogP contribution < -0.4 is 10.9 Å². The Morgan fingerprint density at radius 3 is 2.92 bits per heavy atom. The van der Waals surface area contributed by atoms with E-state index in [0.29, 0.717) is 41.9 Å². The van der Waals surface area contributed by atoms with E-state index >= 15 is 0 Å². The molecule has 0 bridgehead atoms. The second-order valence-corrected chi connectivity index (χ2v) is 7.77. The Kier molecular flexibility index (Phi) is 6.32. The van der Waals surface area contributed by atoms with Gasteiger partial charge in [0.05, 0.1) is 16.2 Å². The molecule has 1 saturated carbocycles. The van der Waals surface area contributed by atoms with Gasteiger partial charge in [0.15, 0.2) is 5.16 Å². The van der Waals surface area contributed by atoms with Gasteiger partial charge in [0.1, 0.15) is 0 Å². The molecule has 1 aliphatic rings. The Morgan fingerprint density at radius 1 is 1.42 bits per heavy atom. The number of rotatable bonds is 9. The molecule has 1 atom stereocenters. The summed E-state index contributed by atoms with van der Waals surface area (Å²) in [4.78, 5) is 29.9. The lowest BCUT2D eigenvalue weighted by atomic mass is 10.2. The molecule has 0 unspecified atom stereocenters. The first kappa shape index (κ1) is 18.9. The first-order valence-corrected chi connectivity index (χ1v) is 10.0. The Hall–Kier alpha value is -1.86. The number of nitrogens with one attached hydrogen (secondary N) is 1. The average molecular weight is 375 g/mol. The molecule has 26 heavy (non-hydrogen) atoms. The number of thioether (sulfide) groups is 1. The van der Waals surface area contributed by atoms with E-state index in [1.807, 2.05) is 32.0 Å². The van der Waals surface area contributed by atoms with Crippen molar-refractivity contribution in [3.8, 4) is 0 Å². The smallest absolute Gasteiger partial charge is 0.262 e. The van der Waals surface area contributed by atoms with Gasteiger partial charge in [-0.1, -0.05) is 23.9 Å². The van der Waals surface area contributed by atoms with Gasteiger partial charge in [0.25, 0.3) is 5.56 Å². The minimum absolute atomic E-state index is 0.000717. The quantitative estimate of drug-likeness (QED) is 0.414. The zero-order chi connectivity index (χ0) is 18.5. The van der Waals surface area contributed by atoms with Crippen molar-refractivity contribution in [1.29, 1.82) is 0 Å². The maximum Gasteiger partial charge on any atom is 0.262 e. The second-order valence-electron chi connectivity index (χ2n) is 6.46. The summed E-state index contributed by atoms with van der Waals surface area (Å²) in [6.45, 7) is 5.58. The van der Waals surface area contributed by atoms with E-state index in [1.165, 1.54) is 11.8 Å². The molecule has 0 saturated heterocycles. The first-order chi connectivity index (χ1) is 12.6. The molecule has 140 valence electrons. The molecule has 0 aliphatic heterocycles. The number of amides is 1. The SMILES string of the molecule is CCOCCCn1c(S[C@@H](C)C(=O)NC2CC2)nc2ccccc2c1=O. The van der Waals surface area contributed by atoms with Crippen molar-refractivity contribution in [2.24, 2.45) is 0 Å².